The molecule has 1 heterocycles. The number of nitrogens with one attached hydrogen (secondary N) is 1. The van der Waals surface area contributed by atoms with Crippen molar-refractivity contribution >= 4 is 34.2 Å². The molecule has 2 N–H and O–H groups in total. The van der Waals surface area contributed by atoms with Crippen LogP contribution >= 0.6 is 11.3 Å². The number of carboxylic acid groups (broad SMARTS) is 1. The fourth-order valence-electron chi connectivity index (χ4n) is 2.86. The van der Waals surface area contributed by atoms with Crippen LogP contribution < -0.4 is 10.2 Å². The van der Waals surface area contributed by atoms with Gasteiger partial charge in [0.1, 0.15) is 5.01 Å². The average molecular weight is 410 g/mol. The summed E-state index contributed by atoms with van der Waals surface area (Å²) in [6.07, 6.45) is -0.393. The van der Waals surface area contributed by atoms with Crippen LogP contribution in [-0.2, 0) is 6.42 Å². The number of amides is 2. The van der Waals surface area contributed by atoms with Crippen molar-refractivity contribution in [2.24, 2.45) is 0 Å². The Hall–Kier alpha value is -3.26. The van der Waals surface area contributed by atoms with Gasteiger partial charge >= 0.3 is 6.09 Å². The number of hydrogen-bond donors (Lipinski definition) is 2. The molecule has 8 heteroatoms. The minimum absolute atomic E-state index is 0.323. The first-order chi connectivity index (χ1) is 13.7. The number of aromatic nitrogens is 2. The van der Waals surface area contributed by atoms with E-state index in [2.05, 4.69) is 15.5 Å². The van der Waals surface area contributed by atoms with Gasteiger partial charge in [-0.15, -0.1) is 10.2 Å². The Morgan fingerprint density at radius 1 is 1.03 bits per heavy atom. The molecule has 0 fully saturated rings. The summed E-state index contributed by atoms with van der Waals surface area (Å²) in [6.45, 7) is 5.43. The molecule has 0 radical (unpaired) electrons. The number of anilines is 2. The molecule has 0 aliphatic heterocycles. The highest BCUT2D eigenvalue weighted by Gasteiger charge is 2.27. The summed E-state index contributed by atoms with van der Waals surface area (Å²) < 4.78 is 0. The molecule has 0 saturated heterocycles. The lowest BCUT2D eigenvalue weighted by atomic mass is 10.0. The predicted molar refractivity (Wildman–Crippen MR) is 114 cm³/mol. The van der Waals surface area contributed by atoms with Crippen LogP contribution in [0, 0.1) is 0 Å². The summed E-state index contributed by atoms with van der Waals surface area (Å²) in [7, 11) is 0. The first-order valence-corrected chi connectivity index (χ1v) is 9.86. The van der Waals surface area contributed by atoms with E-state index >= 15 is 0 Å². The summed E-state index contributed by atoms with van der Waals surface area (Å²) >= 11 is 1.33. The Bertz CT molecular complexity index is 995. The van der Waals surface area contributed by atoms with Crippen molar-refractivity contribution in [2.45, 2.75) is 32.7 Å². The second kappa shape index (κ2) is 8.40. The number of carbonyl (C=O) groups is 2. The van der Waals surface area contributed by atoms with Crippen LogP contribution in [0.1, 0.15) is 41.7 Å². The van der Waals surface area contributed by atoms with Gasteiger partial charge in [0.2, 0.25) is 5.13 Å². The standard InChI is InChI=1S/C21H22N4O3S/c1-21(2,3)25(20(27)28)16-11-9-15(10-12-16)18(26)22-19-24-23-17(29-19)13-14-7-5-4-6-8-14/h4-12H,13H2,1-3H3,(H,27,28)(H,22,24,26). The van der Waals surface area contributed by atoms with E-state index in [0.717, 1.165) is 10.6 Å². The lowest BCUT2D eigenvalue weighted by Crippen LogP contribution is -2.45. The van der Waals surface area contributed by atoms with Crippen molar-refractivity contribution in [3.63, 3.8) is 0 Å². The van der Waals surface area contributed by atoms with Gasteiger partial charge in [-0.2, -0.15) is 0 Å². The minimum Gasteiger partial charge on any atom is -0.465 e. The van der Waals surface area contributed by atoms with Crippen molar-refractivity contribution in [3.8, 4) is 0 Å². The Morgan fingerprint density at radius 3 is 2.28 bits per heavy atom. The van der Waals surface area contributed by atoms with Gasteiger partial charge in [-0.05, 0) is 50.6 Å². The fraction of sp³-hybridized carbons (Fsp3) is 0.238. The van der Waals surface area contributed by atoms with Crippen molar-refractivity contribution in [1.29, 1.82) is 0 Å². The van der Waals surface area contributed by atoms with Crippen LogP contribution in [-0.4, -0.2) is 32.8 Å². The molecular formula is C21H22N4O3S. The Labute approximate surface area is 173 Å². The van der Waals surface area contributed by atoms with Crippen LogP contribution in [0.15, 0.2) is 54.6 Å². The lowest BCUT2D eigenvalue weighted by Gasteiger charge is -2.33. The summed E-state index contributed by atoms with van der Waals surface area (Å²) in [4.78, 5) is 25.3. The number of nitrogens with zero attached hydrogens (tertiary/aromatic N) is 3. The first kappa shape index (κ1) is 20.5. The molecule has 0 atom stereocenters. The molecule has 2 aromatic carbocycles. The van der Waals surface area contributed by atoms with Gasteiger partial charge in [0.25, 0.3) is 5.91 Å². The second-order valence-corrected chi connectivity index (χ2v) is 8.52. The quantitative estimate of drug-likeness (QED) is 0.638. The van der Waals surface area contributed by atoms with Crippen molar-refractivity contribution in [1.82, 2.24) is 10.2 Å². The van der Waals surface area contributed by atoms with E-state index in [4.69, 9.17) is 0 Å². The SMILES string of the molecule is CC(C)(C)N(C(=O)O)c1ccc(C(=O)Nc2nnc(Cc3ccccc3)s2)cc1. The van der Waals surface area contributed by atoms with Crippen LogP contribution in [0.3, 0.4) is 0 Å². The molecule has 2 amide bonds. The minimum atomic E-state index is -1.05. The molecule has 29 heavy (non-hydrogen) atoms. The second-order valence-electron chi connectivity index (χ2n) is 7.45. The molecule has 1 aromatic heterocycles. The average Bonchev–Trinajstić information content (AvgIpc) is 3.08. The highest BCUT2D eigenvalue weighted by molar-refractivity contribution is 7.15. The topological polar surface area (TPSA) is 95.4 Å². The van der Waals surface area contributed by atoms with Gasteiger partial charge in [-0.3, -0.25) is 15.0 Å². The molecule has 3 aromatic rings. The highest BCUT2D eigenvalue weighted by Crippen LogP contribution is 2.25. The van der Waals surface area contributed by atoms with E-state index in [9.17, 15) is 14.7 Å². The first-order valence-electron chi connectivity index (χ1n) is 9.05. The van der Waals surface area contributed by atoms with Crippen LogP contribution in [0.4, 0.5) is 15.6 Å². The third-order valence-electron chi connectivity index (χ3n) is 4.14. The lowest BCUT2D eigenvalue weighted by molar-refractivity contribution is 0.102. The summed E-state index contributed by atoms with van der Waals surface area (Å²) in [5.74, 6) is -0.323. The Balaban J connectivity index is 1.68. The molecule has 7 nitrogen and oxygen atoms in total. The smallest absolute Gasteiger partial charge is 0.412 e. The van der Waals surface area contributed by atoms with Gasteiger partial charge in [-0.1, -0.05) is 41.7 Å². The van der Waals surface area contributed by atoms with Crippen molar-refractivity contribution in [3.05, 3.63) is 70.7 Å². The van der Waals surface area contributed by atoms with E-state index in [0.29, 0.717) is 22.8 Å². The molecule has 150 valence electrons. The molecule has 0 unspecified atom stereocenters. The van der Waals surface area contributed by atoms with E-state index in [-0.39, 0.29) is 5.91 Å². The number of carbonyl (C=O) groups excluding carboxylic acids is 1. The molecule has 0 spiro atoms. The highest BCUT2D eigenvalue weighted by atomic mass is 32.1. The van der Waals surface area contributed by atoms with Gasteiger partial charge in [0, 0.05) is 23.2 Å². The maximum Gasteiger partial charge on any atom is 0.412 e. The van der Waals surface area contributed by atoms with Crippen LogP contribution in [0.5, 0.6) is 0 Å². The van der Waals surface area contributed by atoms with Gasteiger partial charge in [0.05, 0.1) is 0 Å². The molecular weight excluding hydrogens is 388 g/mol. The molecule has 3 rings (SSSR count). The van der Waals surface area contributed by atoms with Crippen LogP contribution in [0.2, 0.25) is 0 Å². The number of hydrogen-bond acceptors (Lipinski definition) is 5. The van der Waals surface area contributed by atoms with E-state index < -0.39 is 11.6 Å². The molecule has 0 aliphatic rings. The van der Waals surface area contributed by atoms with Gasteiger partial charge in [-0.25, -0.2) is 4.79 Å². The van der Waals surface area contributed by atoms with Crippen molar-refractivity contribution < 1.29 is 14.7 Å². The van der Waals surface area contributed by atoms with Crippen LogP contribution in [0.25, 0.3) is 0 Å². The third-order valence-corrected chi connectivity index (χ3v) is 4.97. The van der Waals surface area contributed by atoms with Crippen molar-refractivity contribution in [2.75, 3.05) is 10.2 Å². The van der Waals surface area contributed by atoms with E-state index in [1.54, 1.807) is 24.3 Å². The third kappa shape index (κ3) is 5.17. The zero-order valence-electron chi connectivity index (χ0n) is 16.4. The Kier molecular flexibility index (Phi) is 5.93. The predicted octanol–water partition coefficient (Wildman–Crippen LogP) is 4.66. The van der Waals surface area contributed by atoms with Gasteiger partial charge in [0.15, 0.2) is 0 Å². The number of benzene rings is 2. The number of rotatable bonds is 5. The normalized spacial score (nSPS) is 11.1. The zero-order chi connectivity index (χ0) is 21.0. The zero-order valence-corrected chi connectivity index (χ0v) is 17.2. The summed E-state index contributed by atoms with van der Waals surface area (Å²) in [5.41, 5.74) is 1.44. The Morgan fingerprint density at radius 2 is 1.69 bits per heavy atom. The van der Waals surface area contributed by atoms with Gasteiger partial charge < -0.3 is 5.11 Å². The molecule has 0 bridgehead atoms. The monoisotopic (exact) mass is 410 g/mol. The maximum atomic E-state index is 12.5. The maximum absolute atomic E-state index is 12.5. The fourth-order valence-corrected chi connectivity index (χ4v) is 3.63. The summed E-state index contributed by atoms with van der Waals surface area (Å²) in [5, 5.41) is 21.6. The molecule has 0 saturated carbocycles. The summed E-state index contributed by atoms with van der Waals surface area (Å²) in [6, 6.07) is 16.3. The largest absolute Gasteiger partial charge is 0.465 e. The van der Waals surface area contributed by atoms with E-state index in [1.165, 1.54) is 16.2 Å². The molecule has 0 aliphatic carbocycles. The van der Waals surface area contributed by atoms with E-state index in [1.807, 2.05) is 51.1 Å².